The third-order valence-corrected chi connectivity index (χ3v) is 3.60. The SMILES string of the molecule is CCC(C)N(CCOC)c1ccc(Br)cc1[N+](=O)[O-]. The van der Waals surface area contributed by atoms with Gasteiger partial charge in [-0.25, -0.2) is 0 Å². The summed E-state index contributed by atoms with van der Waals surface area (Å²) in [6.45, 7) is 5.29. The minimum absolute atomic E-state index is 0.116. The van der Waals surface area contributed by atoms with Gasteiger partial charge >= 0.3 is 0 Å². The highest BCUT2D eigenvalue weighted by atomic mass is 79.9. The third-order valence-electron chi connectivity index (χ3n) is 3.10. The molecule has 6 heteroatoms. The van der Waals surface area contributed by atoms with E-state index in [0.29, 0.717) is 23.3 Å². The van der Waals surface area contributed by atoms with Crippen molar-refractivity contribution in [1.29, 1.82) is 0 Å². The third kappa shape index (κ3) is 4.18. The maximum absolute atomic E-state index is 11.2. The fourth-order valence-corrected chi connectivity index (χ4v) is 2.22. The Morgan fingerprint density at radius 1 is 1.53 bits per heavy atom. The van der Waals surface area contributed by atoms with Gasteiger partial charge in [-0.1, -0.05) is 22.9 Å². The largest absolute Gasteiger partial charge is 0.383 e. The van der Waals surface area contributed by atoms with Crippen LogP contribution in [0.15, 0.2) is 22.7 Å². The van der Waals surface area contributed by atoms with Crippen molar-refractivity contribution >= 4 is 27.3 Å². The van der Waals surface area contributed by atoms with E-state index in [1.54, 1.807) is 13.2 Å². The number of anilines is 1. The molecule has 0 N–H and O–H groups in total. The van der Waals surface area contributed by atoms with Crippen LogP contribution in [0.4, 0.5) is 11.4 Å². The molecule has 0 saturated heterocycles. The summed E-state index contributed by atoms with van der Waals surface area (Å²) in [5.74, 6) is 0. The van der Waals surface area contributed by atoms with Gasteiger partial charge in [0.1, 0.15) is 5.69 Å². The van der Waals surface area contributed by atoms with Gasteiger partial charge in [0.25, 0.3) is 5.69 Å². The summed E-state index contributed by atoms with van der Waals surface area (Å²) < 4.78 is 5.80. The Balaban J connectivity index is 3.17. The highest BCUT2D eigenvalue weighted by molar-refractivity contribution is 9.10. The van der Waals surface area contributed by atoms with E-state index in [-0.39, 0.29) is 16.7 Å². The second-order valence-corrected chi connectivity index (χ2v) is 5.25. The van der Waals surface area contributed by atoms with Crippen LogP contribution >= 0.6 is 15.9 Å². The smallest absolute Gasteiger partial charge is 0.293 e. The predicted octanol–water partition coefficient (Wildman–Crippen LogP) is 3.61. The number of hydrogen-bond acceptors (Lipinski definition) is 4. The molecule has 19 heavy (non-hydrogen) atoms. The molecule has 1 aromatic carbocycles. The molecule has 1 unspecified atom stereocenters. The van der Waals surface area contributed by atoms with Crippen molar-refractivity contribution in [3.05, 3.63) is 32.8 Å². The molecule has 0 aliphatic heterocycles. The summed E-state index contributed by atoms with van der Waals surface area (Å²) in [6.07, 6.45) is 0.914. The van der Waals surface area contributed by atoms with Gasteiger partial charge in [0.05, 0.1) is 11.5 Å². The van der Waals surface area contributed by atoms with Crippen LogP contribution in [0, 0.1) is 10.1 Å². The van der Waals surface area contributed by atoms with Crippen LogP contribution in [0.2, 0.25) is 0 Å². The highest BCUT2D eigenvalue weighted by Crippen LogP contribution is 2.32. The number of nitrogens with zero attached hydrogens (tertiary/aromatic N) is 2. The normalized spacial score (nSPS) is 12.2. The molecule has 1 aromatic rings. The number of rotatable bonds is 7. The molecule has 106 valence electrons. The first kappa shape index (κ1) is 15.9. The van der Waals surface area contributed by atoms with Gasteiger partial charge in [0.15, 0.2) is 0 Å². The topological polar surface area (TPSA) is 55.6 Å². The van der Waals surface area contributed by atoms with Crippen LogP contribution in [0.25, 0.3) is 0 Å². The van der Waals surface area contributed by atoms with Gasteiger partial charge < -0.3 is 9.64 Å². The van der Waals surface area contributed by atoms with Crippen molar-refractivity contribution in [2.45, 2.75) is 26.3 Å². The number of ether oxygens (including phenoxy) is 1. The average Bonchev–Trinajstić information content (AvgIpc) is 2.39. The summed E-state index contributed by atoms with van der Waals surface area (Å²) >= 11 is 3.27. The summed E-state index contributed by atoms with van der Waals surface area (Å²) in [5, 5.41) is 11.2. The lowest BCUT2D eigenvalue weighted by Crippen LogP contribution is -2.35. The fourth-order valence-electron chi connectivity index (χ4n) is 1.87. The molecule has 0 fully saturated rings. The van der Waals surface area contributed by atoms with E-state index in [4.69, 9.17) is 4.74 Å². The molecule has 0 heterocycles. The molecule has 0 bridgehead atoms. The van der Waals surface area contributed by atoms with Crippen LogP contribution < -0.4 is 4.90 Å². The van der Waals surface area contributed by atoms with E-state index in [1.807, 2.05) is 11.0 Å². The van der Waals surface area contributed by atoms with Crippen molar-refractivity contribution < 1.29 is 9.66 Å². The number of nitro groups is 1. The number of nitro benzene ring substituents is 1. The molecule has 0 radical (unpaired) electrons. The summed E-state index contributed by atoms with van der Waals surface area (Å²) in [7, 11) is 1.63. The van der Waals surface area contributed by atoms with Crippen molar-refractivity contribution in [2.75, 3.05) is 25.2 Å². The first-order valence-corrected chi connectivity index (χ1v) is 7.00. The summed E-state index contributed by atoms with van der Waals surface area (Å²) in [4.78, 5) is 12.9. The molecule has 0 aromatic heterocycles. The zero-order valence-electron chi connectivity index (χ0n) is 11.4. The molecule has 0 aliphatic carbocycles. The molecular formula is C13H19BrN2O3. The fraction of sp³-hybridized carbons (Fsp3) is 0.538. The van der Waals surface area contributed by atoms with Crippen molar-refractivity contribution in [1.82, 2.24) is 0 Å². The number of hydrogen-bond donors (Lipinski definition) is 0. The lowest BCUT2D eigenvalue weighted by Gasteiger charge is -2.30. The van der Waals surface area contributed by atoms with Crippen LogP contribution in [0.3, 0.4) is 0 Å². The van der Waals surface area contributed by atoms with Gasteiger partial charge in [-0.15, -0.1) is 0 Å². The zero-order chi connectivity index (χ0) is 14.4. The molecule has 0 saturated carbocycles. The highest BCUT2D eigenvalue weighted by Gasteiger charge is 2.22. The van der Waals surface area contributed by atoms with Gasteiger partial charge in [-0.05, 0) is 25.5 Å². The Morgan fingerprint density at radius 3 is 2.74 bits per heavy atom. The lowest BCUT2D eigenvalue weighted by molar-refractivity contribution is -0.384. The first-order valence-electron chi connectivity index (χ1n) is 6.20. The van der Waals surface area contributed by atoms with Gasteiger partial charge in [-0.2, -0.15) is 0 Å². The van der Waals surface area contributed by atoms with E-state index < -0.39 is 0 Å². The summed E-state index contributed by atoms with van der Waals surface area (Å²) in [5.41, 5.74) is 0.755. The lowest BCUT2D eigenvalue weighted by atomic mass is 10.1. The molecule has 0 spiro atoms. The van der Waals surface area contributed by atoms with Crippen molar-refractivity contribution in [3.63, 3.8) is 0 Å². The first-order chi connectivity index (χ1) is 9.01. The number of methoxy groups -OCH3 is 1. The maximum atomic E-state index is 11.2. The minimum Gasteiger partial charge on any atom is -0.383 e. The quantitative estimate of drug-likeness (QED) is 0.566. The van der Waals surface area contributed by atoms with Gasteiger partial charge in [0.2, 0.25) is 0 Å². The van der Waals surface area contributed by atoms with Crippen LogP contribution in [-0.2, 0) is 4.74 Å². The van der Waals surface area contributed by atoms with E-state index in [0.717, 1.165) is 6.42 Å². The molecule has 0 aliphatic rings. The zero-order valence-corrected chi connectivity index (χ0v) is 13.0. The van der Waals surface area contributed by atoms with Crippen LogP contribution in [0.5, 0.6) is 0 Å². The summed E-state index contributed by atoms with van der Waals surface area (Å²) in [6, 6.07) is 5.36. The number of benzene rings is 1. The molecule has 1 rings (SSSR count). The van der Waals surface area contributed by atoms with Crippen molar-refractivity contribution in [3.8, 4) is 0 Å². The molecule has 0 amide bonds. The minimum atomic E-state index is -0.345. The van der Waals surface area contributed by atoms with E-state index in [1.165, 1.54) is 6.07 Å². The molecular weight excluding hydrogens is 312 g/mol. The Hall–Kier alpha value is -1.14. The van der Waals surface area contributed by atoms with E-state index in [2.05, 4.69) is 29.8 Å². The Morgan fingerprint density at radius 2 is 2.21 bits per heavy atom. The second kappa shape index (κ2) is 7.45. The van der Waals surface area contributed by atoms with Crippen molar-refractivity contribution in [2.24, 2.45) is 0 Å². The Labute approximate surface area is 121 Å². The molecule has 5 nitrogen and oxygen atoms in total. The van der Waals surface area contributed by atoms with E-state index in [9.17, 15) is 10.1 Å². The monoisotopic (exact) mass is 330 g/mol. The second-order valence-electron chi connectivity index (χ2n) is 4.33. The van der Waals surface area contributed by atoms with Crippen LogP contribution in [-0.4, -0.2) is 31.2 Å². The standard InChI is InChI=1S/C13H19BrN2O3/c1-4-10(2)15(7-8-19-3)12-6-5-11(14)9-13(12)16(17)18/h5-6,9-10H,4,7-8H2,1-3H3. The van der Waals surface area contributed by atoms with E-state index >= 15 is 0 Å². The Kier molecular flexibility index (Phi) is 6.24. The number of halogens is 1. The maximum Gasteiger partial charge on any atom is 0.293 e. The van der Waals surface area contributed by atoms with Gasteiger partial charge in [-0.3, -0.25) is 10.1 Å². The predicted molar refractivity (Wildman–Crippen MR) is 79.8 cm³/mol. The average molecular weight is 331 g/mol. The van der Waals surface area contributed by atoms with Gasteiger partial charge in [0, 0.05) is 30.2 Å². The Bertz CT molecular complexity index is 440. The van der Waals surface area contributed by atoms with Crippen LogP contribution in [0.1, 0.15) is 20.3 Å². The molecule has 1 atom stereocenters.